The fourth-order valence-corrected chi connectivity index (χ4v) is 10.3. The van der Waals surface area contributed by atoms with Gasteiger partial charge >= 0.3 is 17.9 Å². The van der Waals surface area contributed by atoms with E-state index in [1.807, 2.05) is 0 Å². The van der Waals surface area contributed by atoms with E-state index in [-0.39, 0.29) is 31.1 Å². The highest BCUT2D eigenvalue weighted by Gasteiger charge is 2.19. The van der Waals surface area contributed by atoms with Crippen molar-refractivity contribution in [3.8, 4) is 0 Å². The van der Waals surface area contributed by atoms with Gasteiger partial charge in [-0.2, -0.15) is 0 Å². The quantitative estimate of drug-likeness (QED) is 0.0261. The first-order valence-electron chi connectivity index (χ1n) is 35.7. The molecule has 0 N–H and O–H groups in total. The van der Waals surface area contributed by atoms with Crippen LogP contribution in [0, 0.1) is 0 Å². The van der Waals surface area contributed by atoms with Crippen molar-refractivity contribution in [2.24, 2.45) is 0 Å². The van der Waals surface area contributed by atoms with Gasteiger partial charge in [0.25, 0.3) is 0 Å². The Kier molecular flexibility index (Phi) is 67.7. The molecule has 478 valence electrons. The van der Waals surface area contributed by atoms with Crippen LogP contribution in [0.2, 0.25) is 0 Å². The minimum absolute atomic E-state index is 0.0865. The maximum atomic E-state index is 13.0. The van der Waals surface area contributed by atoms with Crippen molar-refractivity contribution in [3.63, 3.8) is 0 Å². The maximum absolute atomic E-state index is 13.0. The summed E-state index contributed by atoms with van der Waals surface area (Å²) in [5.74, 6) is -0.911. The Balaban J connectivity index is 4.42. The van der Waals surface area contributed by atoms with Gasteiger partial charge in [0.2, 0.25) is 0 Å². The zero-order valence-corrected chi connectivity index (χ0v) is 54.9. The van der Waals surface area contributed by atoms with Crippen LogP contribution < -0.4 is 0 Å². The number of hydrogen-bond donors (Lipinski definition) is 0. The minimum atomic E-state index is -0.795. The normalized spacial score (nSPS) is 12.7. The predicted octanol–water partition coefficient (Wildman–Crippen LogP) is 24.8. The van der Waals surface area contributed by atoms with Gasteiger partial charge < -0.3 is 14.2 Å². The van der Waals surface area contributed by atoms with Crippen molar-refractivity contribution in [1.82, 2.24) is 0 Å². The molecule has 0 bridgehead atoms. The third kappa shape index (κ3) is 69.0. The van der Waals surface area contributed by atoms with Crippen LogP contribution >= 0.6 is 0 Å². The standard InChI is InChI=1S/C77H134O6/c1-4-7-10-13-16-19-22-25-28-31-34-36-37-38-39-40-41-42-44-46-49-52-55-58-61-64-67-70-76(79)82-73-74(72-81-75(78)69-66-63-60-57-54-51-48-45-33-30-27-24-21-18-15-12-9-6-3)83-77(80)71-68-65-62-59-56-53-50-47-43-35-32-29-26-23-20-17-14-11-8-5-2/h7,10,16,19,25,28,34,36,38-39,41-42,46,49,55,58,74H,4-6,8-9,11-15,17-18,20-24,26-27,29-33,35,37,40,43-45,47-48,50-54,56-57,59-73H2,1-3H3/b10-7-,19-16-,28-25-,36-34-,39-38-,42-41-,49-46-,58-55-. The first-order valence-corrected chi connectivity index (χ1v) is 35.7. The molecule has 6 heteroatoms. The van der Waals surface area contributed by atoms with Crippen molar-refractivity contribution >= 4 is 17.9 Å². The Morgan fingerprint density at radius 1 is 0.253 bits per heavy atom. The summed E-state index contributed by atoms with van der Waals surface area (Å²) in [5.41, 5.74) is 0. The van der Waals surface area contributed by atoms with E-state index in [1.54, 1.807) is 0 Å². The van der Waals surface area contributed by atoms with Gasteiger partial charge in [-0.15, -0.1) is 0 Å². The highest BCUT2D eigenvalue weighted by molar-refractivity contribution is 5.71. The van der Waals surface area contributed by atoms with E-state index in [1.165, 1.54) is 205 Å². The van der Waals surface area contributed by atoms with Gasteiger partial charge in [-0.25, -0.2) is 0 Å². The van der Waals surface area contributed by atoms with Crippen LogP contribution in [-0.2, 0) is 28.6 Å². The van der Waals surface area contributed by atoms with Crippen LogP contribution in [-0.4, -0.2) is 37.2 Å². The predicted molar refractivity (Wildman–Crippen MR) is 362 cm³/mol. The number of esters is 3. The van der Waals surface area contributed by atoms with E-state index < -0.39 is 6.10 Å². The fraction of sp³-hybridized carbons (Fsp3) is 0.753. The van der Waals surface area contributed by atoms with E-state index in [4.69, 9.17) is 14.2 Å². The molecule has 0 aliphatic heterocycles. The third-order valence-electron chi connectivity index (χ3n) is 15.6. The highest BCUT2D eigenvalue weighted by Crippen LogP contribution is 2.18. The summed E-state index contributed by atoms with van der Waals surface area (Å²) >= 11 is 0. The molecule has 0 rings (SSSR count). The Bertz CT molecular complexity index is 1610. The molecule has 0 spiro atoms. The fourth-order valence-electron chi connectivity index (χ4n) is 10.3. The van der Waals surface area contributed by atoms with Crippen molar-refractivity contribution in [3.05, 3.63) is 97.2 Å². The molecule has 0 saturated heterocycles. The highest BCUT2D eigenvalue weighted by atomic mass is 16.6. The second-order valence-corrected chi connectivity index (χ2v) is 23.8. The van der Waals surface area contributed by atoms with Crippen molar-refractivity contribution < 1.29 is 28.6 Å². The van der Waals surface area contributed by atoms with Gasteiger partial charge in [0.1, 0.15) is 13.2 Å². The Morgan fingerprint density at radius 3 is 0.735 bits per heavy atom. The average molecular weight is 1160 g/mol. The smallest absolute Gasteiger partial charge is 0.306 e. The molecule has 0 aliphatic carbocycles. The summed E-state index contributed by atoms with van der Waals surface area (Å²) in [6, 6.07) is 0. The maximum Gasteiger partial charge on any atom is 0.306 e. The molecule has 0 aromatic rings. The number of ether oxygens (including phenoxy) is 3. The van der Waals surface area contributed by atoms with E-state index in [0.717, 1.165) is 109 Å². The molecule has 0 heterocycles. The second-order valence-electron chi connectivity index (χ2n) is 23.8. The Labute approximate surface area is 515 Å². The summed E-state index contributed by atoms with van der Waals surface area (Å²) < 4.78 is 17.0. The number of rotatable bonds is 65. The van der Waals surface area contributed by atoms with E-state index >= 15 is 0 Å². The summed E-state index contributed by atoms with van der Waals surface area (Å²) in [6.45, 7) is 6.55. The van der Waals surface area contributed by atoms with E-state index in [0.29, 0.717) is 19.3 Å². The summed E-state index contributed by atoms with van der Waals surface area (Å²) in [4.78, 5) is 38.5. The van der Waals surface area contributed by atoms with Crippen LogP contribution in [0.15, 0.2) is 97.2 Å². The molecule has 0 saturated carbocycles. The van der Waals surface area contributed by atoms with E-state index in [2.05, 4.69) is 118 Å². The molecule has 1 atom stereocenters. The molecular formula is C77H134O6. The largest absolute Gasteiger partial charge is 0.462 e. The molecule has 0 aromatic heterocycles. The molecule has 1 unspecified atom stereocenters. The molecule has 0 fully saturated rings. The lowest BCUT2D eigenvalue weighted by Crippen LogP contribution is -2.30. The number of hydrogen-bond acceptors (Lipinski definition) is 6. The van der Waals surface area contributed by atoms with Gasteiger partial charge in [-0.1, -0.05) is 349 Å². The SMILES string of the molecule is CC/C=C\C/C=C\C/C=C\C/C=C\C/C=C\C/C=C\C/C=C\C/C=C\CCCCC(=O)OCC(COC(=O)CCCCCCCCCCCCCCCCCCCC)OC(=O)CCCCCCCCCCCCCCCCCCCCCC. The number of allylic oxidation sites excluding steroid dienone is 16. The molecule has 0 aromatic carbocycles. The van der Waals surface area contributed by atoms with Gasteiger partial charge in [0.15, 0.2) is 6.10 Å². The Morgan fingerprint density at radius 2 is 0.470 bits per heavy atom. The number of unbranched alkanes of at least 4 members (excludes halogenated alkanes) is 38. The summed E-state index contributed by atoms with van der Waals surface area (Å²) in [5, 5.41) is 0. The number of carbonyl (C=O) groups is 3. The number of carbonyl (C=O) groups excluding carboxylic acids is 3. The van der Waals surface area contributed by atoms with Crippen molar-refractivity contribution in [2.75, 3.05) is 13.2 Å². The molecule has 0 aliphatic rings. The molecule has 0 radical (unpaired) electrons. The molecule has 83 heavy (non-hydrogen) atoms. The van der Waals surface area contributed by atoms with Gasteiger partial charge in [-0.3, -0.25) is 14.4 Å². The monoisotopic (exact) mass is 1160 g/mol. The van der Waals surface area contributed by atoms with Crippen molar-refractivity contribution in [2.45, 2.75) is 361 Å². The Hall–Kier alpha value is -3.67. The lowest BCUT2D eigenvalue weighted by atomic mass is 10.0. The van der Waals surface area contributed by atoms with Crippen LogP contribution in [0.3, 0.4) is 0 Å². The van der Waals surface area contributed by atoms with Gasteiger partial charge in [0.05, 0.1) is 0 Å². The molecule has 0 amide bonds. The van der Waals surface area contributed by atoms with Crippen LogP contribution in [0.25, 0.3) is 0 Å². The minimum Gasteiger partial charge on any atom is -0.462 e. The molecule has 6 nitrogen and oxygen atoms in total. The zero-order valence-electron chi connectivity index (χ0n) is 54.9. The average Bonchev–Trinajstić information content (AvgIpc) is 3.49. The topological polar surface area (TPSA) is 78.9 Å². The third-order valence-corrected chi connectivity index (χ3v) is 15.6. The second kappa shape index (κ2) is 70.8. The molecular weight excluding hydrogens is 1020 g/mol. The summed E-state index contributed by atoms with van der Waals surface area (Å²) in [6.07, 6.45) is 95.7. The lowest BCUT2D eigenvalue weighted by Gasteiger charge is -2.18. The van der Waals surface area contributed by atoms with Crippen molar-refractivity contribution in [1.29, 1.82) is 0 Å². The zero-order chi connectivity index (χ0) is 59.9. The van der Waals surface area contributed by atoms with Crippen LogP contribution in [0.1, 0.15) is 355 Å². The van der Waals surface area contributed by atoms with Crippen LogP contribution in [0.4, 0.5) is 0 Å². The lowest BCUT2D eigenvalue weighted by molar-refractivity contribution is -0.167. The first kappa shape index (κ1) is 79.3. The first-order chi connectivity index (χ1) is 41.0. The van der Waals surface area contributed by atoms with Crippen LogP contribution in [0.5, 0.6) is 0 Å². The summed E-state index contributed by atoms with van der Waals surface area (Å²) in [7, 11) is 0. The van der Waals surface area contributed by atoms with Gasteiger partial charge in [-0.05, 0) is 83.5 Å². The van der Waals surface area contributed by atoms with E-state index in [9.17, 15) is 14.4 Å². The van der Waals surface area contributed by atoms with Gasteiger partial charge in [0, 0.05) is 19.3 Å².